The fourth-order valence-corrected chi connectivity index (χ4v) is 3.32. The van der Waals surface area contributed by atoms with Crippen LogP contribution in [0.25, 0.3) is 11.3 Å². The molecule has 136 valence electrons. The lowest BCUT2D eigenvalue weighted by atomic mass is 10.1. The first-order valence-electron chi connectivity index (χ1n) is 8.16. The number of carbonyl (C=O) groups is 1. The molecular weight excluding hydrogens is 350 g/mol. The molecule has 6 nitrogen and oxygen atoms in total. The van der Waals surface area contributed by atoms with Gasteiger partial charge in [-0.3, -0.25) is 4.79 Å². The van der Waals surface area contributed by atoms with Gasteiger partial charge in [0.25, 0.3) is 5.91 Å². The first kappa shape index (κ1) is 18.2. The van der Waals surface area contributed by atoms with E-state index in [1.807, 2.05) is 43.7 Å². The molecule has 0 saturated heterocycles. The molecule has 3 aromatic rings. The third-order valence-corrected chi connectivity index (χ3v) is 4.83. The molecule has 7 heteroatoms. The van der Waals surface area contributed by atoms with Gasteiger partial charge in [0, 0.05) is 18.2 Å². The molecule has 0 aliphatic rings. The van der Waals surface area contributed by atoms with Crippen molar-refractivity contribution >= 4 is 17.2 Å². The first-order valence-corrected chi connectivity index (χ1v) is 9.10. The molecule has 2 heterocycles. The van der Waals surface area contributed by atoms with Crippen molar-refractivity contribution in [1.29, 1.82) is 0 Å². The number of nitrogens with one attached hydrogen (secondary N) is 1. The maximum absolute atomic E-state index is 12.4. The summed E-state index contributed by atoms with van der Waals surface area (Å²) in [6, 6.07) is 11.2. The van der Waals surface area contributed by atoms with Crippen LogP contribution >= 0.6 is 11.3 Å². The molecule has 3 rings (SSSR count). The molecule has 1 amide bonds. The van der Waals surface area contributed by atoms with Gasteiger partial charge in [-0.15, -0.1) is 0 Å². The molecule has 0 fully saturated rings. The van der Waals surface area contributed by atoms with E-state index in [9.17, 15) is 4.79 Å². The van der Waals surface area contributed by atoms with E-state index in [-0.39, 0.29) is 17.6 Å². The van der Waals surface area contributed by atoms with E-state index in [4.69, 9.17) is 9.26 Å². The Hall–Kier alpha value is -2.64. The second-order valence-corrected chi connectivity index (χ2v) is 6.83. The van der Waals surface area contributed by atoms with Crippen LogP contribution in [0.1, 0.15) is 22.1 Å². The SMILES string of the molecule is COc1ccc(-c2cc(C(=O)NCC(c3ccsc3)N(C)C)no2)cc1. The van der Waals surface area contributed by atoms with Gasteiger partial charge in [-0.25, -0.2) is 0 Å². The zero-order valence-corrected chi connectivity index (χ0v) is 15.7. The Kier molecular flexibility index (Phi) is 5.70. The zero-order valence-electron chi connectivity index (χ0n) is 14.9. The summed E-state index contributed by atoms with van der Waals surface area (Å²) in [5.74, 6) is 1.05. The van der Waals surface area contributed by atoms with Crippen LogP contribution in [0.5, 0.6) is 5.75 Å². The molecule has 1 aromatic carbocycles. The van der Waals surface area contributed by atoms with Crippen molar-refractivity contribution in [3.05, 3.63) is 58.4 Å². The molecule has 1 unspecified atom stereocenters. The second kappa shape index (κ2) is 8.16. The normalized spacial score (nSPS) is 12.2. The molecule has 0 aliphatic carbocycles. The number of hydrogen-bond acceptors (Lipinski definition) is 6. The number of ether oxygens (including phenoxy) is 1. The summed E-state index contributed by atoms with van der Waals surface area (Å²) in [6.45, 7) is 0.493. The summed E-state index contributed by atoms with van der Waals surface area (Å²) < 4.78 is 10.5. The maximum Gasteiger partial charge on any atom is 0.273 e. The largest absolute Gasteiger partial charge is 0.497 e. The Balaban J connectivity index is 1.66. The second-order valence-electron chi connectivity index (χ2n) is 6.05. The smallest absolute Gasteiger partial charge is 0.273 e. The van der Waals surface area contributed by atoms with Crippen LogP contribution in [0, 0.1) is 0 Å². The van der Waals surface area contributed by atoms with Crippen molar-refractivity contribution in [1.82, 2.24) is 15.4 Å². The monoisotopic (exact) mass is 371 g/mol. The fourth-order valence-electron chi connectivity index (χ4n) is 2.62. The number of likely N-dealkylation sites (N-methyl/N-ethyl adjacent to an activating group) is 1. The number of thiophene rings is 1. The summed E-state index contributed by atoms with van der Waals surface area (Å²) in [4.78, 5) is 14.5. The molecule has 1 N–H and O–H groups in total. The standard InChI is InChI=1S/C19H21N3O3S/c1-22(2)17(14-8-9-26-12-14)11-20-19(23)16-10-18(25-21-16)13-4-6-15(24-3)7-5-13/h4-10,12,17H,11H2,1-3H3,(H,20,23). The van der Waals surface area contributed by atoms with Gasteiger partial charge in [0.05, 0.1) is 13.2 Å². The van der Waals surface area contributed by atoms with E-state index in [1.165, 1.54) is 5.56 Å². The Morgan fingerprint density at radius 3 is 2.69 bits per heavy atom. The molecule has 0 radical (unpaired) electrons. The van der Waals surface area contributed by atoms with Crippen molar-refractivity contribution in [2.24, 2.45) is 0 Å². The van der Waals surface area contributed by atoms with Gasteiger partial charge in [-0.05, 0) is 60.8 Å². The number of rotatable bonds is 7. The molecule has 0 aliphatic heterocycles. The highest BCUT2D eigenvalue weighted by Gasteiger charge is 2.18. The molecule has 0 saturated carbocycles. The van der Waals surface area contributed by atoms with Crippen molar-refractivity contribution in [3.63, 3.8) is 0 Å². The molecule has 0 spiro atoms. The van der Waals surface area contributed by atoms with E-state index in [2.05, 4.69) is 26.8 Å². The number of amides is 1. The molecule has 26 heavy (non-hydrogen) atoms. The van der Waals surface area contributed by atoms with Gasteiger partial charge in [0.2, 0.25) is 0 Å². The topological polar surface area (TPSA) is 67.6 Å². The predicted molar refractivity (Wildman–Crippen MR) is 102 cm³/mol. The highest BCUT2D eigenvalue weighted by Crippen LogP contribution is 2.23. The van der Waals surface area contributed by atoms with Crippen molar-refractivity contribution < 1.29 is 14.1 Å². The first-order chi connectivity index (χ1) is 12.6. The van der Waals surface area contributed by atoms with Gasteiger partial charge in [-0.2, -0.15) is 11.3 Å². The zero-order chi connectivity index (χ0) is 18.5. The predicted octanol–water partition coefficient (Wildman–Crippen LogP) is 3.44. The summed E-state index contributed by atoms with van der Waals surface area (Å²) in [5, 5.41) is 11.0. The summed E-state index contributed by atoms with van der Waals surface area (Å²) in [7, 11) is 5.60. The van der Waals surface area contributed by atoms with Gasteiger partial charge in [0.1, 0.15) is 5.75 Å². The molecular formula is C19H21N3O3S. The Morgan fingerprint density at radius 1 is 1.31 bits per heavy atom. The third-order valence-electron chi connectivity index (χ3n) is 4.12. The van der Waals surface area contributed by atoms with Crippen LogP contribution in [0.2, 0.25) is 0 Å². The Labute approximate surface area is 156 Å². The lowest BCUT2D eigenvalue weighted by Crippen LogP contribution is -2.34. The van der Waals surface area contributed by atoms with Crippen LogP contribution < -0.4 is 10.1 Å². The highest BCUT2D eigenvalue weighted by atomic mass is 32.1. The maximum atomic E-state index is 12.4. The van der Waals surface area contributed by atoms with Crippen molar-refractivity contribution in [2.75, 3.05) is 27.7 Å². The van der Waals surface area contributed by atoms with Crippen LogP contribution in [0.15, 0.2) is 51.7 Å². The summed E-state index contributed by atoms with van der Waals surface area (Å²) >= 11 is 1.64. The average molecular weight is 371 g/mol. The molecule has 1 atom stereocenters. The fraction of sp³-hybridized carbons (Fsp3) is 0.263. The number of aromatic nitrogens is 1. The van der Waals surface area contributed by atoms with E-state index < -0.39 is 0 Å². The Morgan fingerprint density at radius 2 is 2.08 bits per heavy atom. The van der Waals surface area contributed by atoms with Crippen LogP contribution in [0.4, 0.5) is 0 Å². The molecule has 2 aromatic heterocycles. The number of nitrogens with zero attached hydrogens (tertiary/aromatic N) is 2. The van der Waals surface area contributed by atoms with E-state index in [1.54, 1.807) is 24.5 Å². The van der Waals surface area contributed by atoms with Crippen LogP contribution in [0.3, 0.4) is 0 Å². The van der Waals surface area contributed by atoms with E-state index >= 15 is 0 Å². The lowest BCUT2D eigenvalue weighted by molar-refractivity contribution is 0.0933. The number of methoxy groups -OCH3 is 1. The van der Waals surface area contributed by atoms with E-state index in [0.29, 0.717) is 12.3 Å². The number of benzene rings is 1. The van der Waals surface area contributed by atoms with E-state index in [0.717, 1.165) is 11.3 Å². The minimum absolute atomic E-state index is 0.109. The third kappa shape index (κ3) is 4.12. The van der Waals surface area contributed by atoms with Gasteiger partial charge < -0.3 is 19.5 Å². The highest BCUT2D eigenvalue weighted by molar-refractivity contribution is 7.07. The van der Waals surface area contributed by atoms with Crippen molar-refractivity contribution in [2.45, 2.75) is 6.04 Å². The lowest BCUT2D eigenvalue weighted by Gasteiger charge is -2.23. The average Bonchev–Trinajstić information content (AvgIpc) is 3.34. The number of hydrogen-bond donors (Lipinski definition) is 1. The quantitative estimate of drug-likeness (QED) is 0.689. The summed E-state index contributed by atoms with van der Waals surface area (Å²) in [5.41, 5.74) is 2.28. The van der Waals surface area contributed by atoms with Crippen LogP contribution in [-0.4, -0.2) is 43.7 Å². The van der Waals surface area contributed by atoms with Gasteiger partial charge >= 0.3 is 0 Å². The minimum Gasteiger partial charge on any atom is -0.497 e. The summed E-state index contributed by atoms with van der Waals surface area (Å²) in [6.07, 6.45) is 0. The van der Waals surface area contributed by atoms with Gasteiger partial charge in [0.15, 0.2) is 11.5 Å². The van der Waals surface area contributed by atoms with Crippen molar-refractivity contribution in [3.8, 4) is 17.1 Å². The number of carbonyl (C=O) groups excluding carboxylic acids is 1. The van der Waals surface area contributed by atoms with Crippen LogP contribution in [-0.2, 0) is 0 Å². The van der Waals surface area contributed by atoms with Gasteiger partial charge in [-0.1, -0.05) is 5.16 Å². The Bertz CT molecular complexity index is 841. The molecule has 0 bridgehead atoms. The minimum atomic E-state index is -0.254.